The van der Waals surface area contributed by atoms with Crippen LogP contribution in [-0.4, -0.2) is 21.5 Å². The van der Waals surface area contributed by atoms with Crippen molar-refractivity contribution in [2.45, 2.75) is 52.4 Å². The van der Waals surface area contributed by atoms with E-state index in [4.69, 9.17) is 29.7 Å². The van der Waals surface area contributed by atoms with Crippen LogP contribution in [0.3, 0.4) is 0 Å². The molecule has 0 saturated heterocycles. The van der Waals surface area contributed by atoms with Gasteiger partial charge in [0.05, 0.1) is 70.2 Å². The van der Waals surface area contributed by atoms with E-state index in [0.29, 0.717) is 0 Å². The van der Waals surface area contributed by atoms with Crippen molar-refractivity contribution in [2.24, 2.45) is 0 Å². The number of aromatic nitrogens is 2. The number of benzene rings is 4. The number of thiophene rings is 5. The molecule has 0 radical (unpaired) electrons. The van der Waals surface area contributed by atoms with Gasteiger partial charge in [0.15, 0.2) is 11.6 Å². The maximum absolute atomic E-state index is 14.3. The summed E-state index contributed by atoms with van der Waals surface area (Å²) < 4.78 is 0. The van der Waals surface area contributed by atoms with E-state index in [-0.39, 0.29) is 78.3 Å². The lowest BCUT2D eigenvalue weighted by Crippen LogP contribution is -2.13. The molecule has 0 unspecified atom stereocenters. The molecule has 4 aromatic carbocycles. The standard InChI is InChI=1S/C72H36N10O2S5/c1-33-10-14-35(15-11-33)59-60(36-16-12-34(2)13-17-36)82-62-61(81-59)69(55-26-50-67(87-55)65-48(71(50,3)4)22-40(85-65)20-46-57(39(30-75)31-76)42-18-37(28-73)53(79-8)25-45(42)64(46)84)89-70(62)56-27-51-68(88-56)66-49(72(51,5)6)23-41(86-66)21-47-58(54(32-77)80-9)43-24-52(78-7)38(29-74)19-44(43)63(47)83/h10-27H,1-6H3/b46-20-,47-21-,58-54+. The van der Waals surface area contributed by atoms with E-state index in [2.05, 4.69) is 129 Å². The van der Waals surface area contributed by atoms with Crippen LogP contribution in [0.15, 0.2) is 119 Å². The minimum absolute atomic E-state index is 0.0142. The molecule has 12 nitrogen and oxygen atoms in total. The van der Waals surface area contributed by atoms with Gasteiger partial charge >= 0.3 is 0 Å². The Hall–Kier alpha value is -11.1. The molecule has 0 saturated carbocycles. The number of Topliss-reactive ketones (excluding diaryl/α,β-unsaturated/α-hetero) is 2. The van der Waals surface area contributed by atoms with E-state index >= 15 is 0 Å². The first-order valence-electron chi connectivity index (χ1n) is 27.5. The van der Waals surface area contributed by atoms with E-state index in [0.717, 1.165) is 116 Å². The number of nitriles is 5. The highest BCUT2D eigenvalue weighted by Gasteiger charge is 2.43. The van der Waals surface area contributed by atoms with Crippen LogP contribution in [0.2, 0.25) is 0 Å². The van der Waals surface area contributed by atoms with Crippen LogP contribution in [0.4, 0.5) is 11.4 Å². The van der Waals surface area contributed by atoms with Gasteiger partial charge in [-0.1, -0.05) is 87.4 Å². The largest absolute Gasteiger partial charge is 0.289 e. The third-order valence-corrected chi connectivity index (χ3v) is 23.3. The first kappa shape index (κ1) is 55.8. The number of fused-ring (bicyclic) bond motifs is 9. The molecular formula is C72H36N10O2S5. The number of nitrogens with zero attached hydrogens (tertiary/aromatic N) is 10. The van der Waals surface area contributed by atoms with Crippen LogP contribution in [0.1, 0.15) is 114 Å². The van der Waals surface area contributed by atoms with Gasteiger partial charge < -0.3 is 0 Å². The minimum atomic E-state index is -0.490. The van der Waals surface area contributed by atoms with Gasteiger partial charge in [-0.25, -0.2) is 29.8 Å². The maximum atomic E-state index is 14.3. The summed E-state index contributed by atoms with van der Waals surface area (Å²) in [6.07, 6.45) is 3.45. The normalized spacial score (nSPS) is 15.6. The molecule has 0 N–H and O–H groups in total. The van der Waals surface area contributed by atoms with Crippen molar-refractivity contribution in [1.29, 1.82) is 26.3 Å². The number of rotatable bonds is 6. The predicted molar refractivity (Wildman–Crippen MR) is 352 cm³/mol. The van der Waals surface area contributed by atoms with Crippen molar-refractivity contribution >= 4 is 114 Å². The summed E-state index contributed by atoms with van der Waals surface area (Å²) in [7, 11) is 0. The Morgan fingerprint density at radius 1 is 0.494 bits per heavy atom. The minimum Gasteiger partial charge on any atom is -0.289 e. The molecule has 4 aliphatic rings. The number of ketones is 2. The number of hydrogen-bond acceptors (Lipinski definition) is 14. The molecule has 0 amide bonds. The second-order valence-corrected chi connectivity index (χ2v) is 28.1. The fourth-order valence-corrected chi connectivity index (χ4v) is 19.3. The molecule has 0 aliphatic heterocycles. The van der Waals surface area contributed by atoms with E-state index < -0.39 is 22.4 Å². The molecule has 0 atom stereocenters. The van der Waals surface area contributed by atoms with Gasteiger partial charge in [0, 0.05) is 94.4 Å². The van der Waals surface area contributed by atoms with Gasteiger partial charge in [-0.2, -0.15) is 21.0 Å². The number of carbonyl (C=O) groups excluding carboxylic acids is 2. The van der Waals surface area contributed by atoms with E-state index in [1.165, 1.54) is 46.9 Å². The van der Waals surface area contributed by atoms with Crippen molar-refractivity contribution in [2.75, 3.05) is 0 Å². The van der Waals surface area contributed by atoms with Gasteiger partial charge in [-0.15, -0.1) is 56.7 Å². The Morgan fingerprint density at radius 2 is 0.899 bits per heavy atom. The molecule has 89 heavy (non-hydrogen) atoms. The monoisotopic (exact) mass is 1230 g/mol. The average Bonchev–Trinajstić information content (AvgIpc) is 1.66. The van der Waals surface area contributed by atoms with Gasteiger partial charge in [0.2, 0.25) is 11.4 Å². The lowest BCUT2D eigenvalue weighted by Gasteiger charge is -2.19. The van der Waals surface area contributed by atoms with Gasteiger partial charge in [-0.3, -0.25) is 9.59 Å². The Morgan fingerprint density at radius 3 is 1.33 bits per heavy atom. The van der Waals surface area contributed by atoms with E-state index in [1.54, 1.807) is 46.2 Å². The smallest absolute Gasteiger partial charge is 0.270 e. The molecule has 4 aliphatic carbocycles. The third-order valence-electron chi connectivity index (χ3n) is 17.0. The first-order valence-corrected chi connectivity index (χ1v) is 31.6. The average molecular weight is 1230 g/mol. The summed E-state index contributed by atoms with van der Waals surface area (Å²) >= 11 is 8.04. The third kappa shape index (κ3) is 8.24. The summed E-state index contributed by atoms with van der Waals surface area (Å²) in [5.41, 5.74) is 11.6. The quantitative estimate of drug-likeness (QED) is 0.0885. The van der Waals surface area contributed by atoms with Crippen molar-refractivity contribution in [1.82, 2.24) is 9.97 Å². The summed E-state index contributed by atoms with van der Waals surface area (Å²) in [5, 5.41) is 50.2. The zero-order chi connectivity index (χ0) is 62.3. The second-order valence-electron chi connectivity index (χ2n) is 22.8. The summed E-state index contributed by atoms with van der Waals surface area (Å²) in [4.78, 5) is 60.0. The zero-order valence-corrected chi connectivity index (χ0v) is 51.8. The summed E-state index contributed by atoms with van der Waals surface area (Å²) in [6, 6.07) is 40.9. The van der Waals surface area contributed by atoms with E-state index in [9.17, 15) is 35.9 Å². The lowest BCUT2D eigenvalue weighted by atomic mass is 9.83. The maximum Gasteiger partial charge on any atom is 0.270 e. The summed E-state index contributed by atoms with van der Waals surface area (Å²) in [6.45, 7) is 36.1. The molecule has 10 aromatic rings. The molecule has 0 spiro atoms. The number of aryl methyl sites for hydroxylation is 2. The van der Waals surface area contributed by atoms with E-state index in [1.807, 2.05) is 30.3 Å². The van der Waals surface area contributed by atoms with Crippen molar-refractivity contribution in [3.8, 4) is 91.9 Å². The molecule has 6 aromatic heterocycles. The topological polar surface area (TPSA) is 192 Å². The molecule has 0 bridgehead atoms. The predicted octanol–water partition coefficient (Wildman–Crippen LogP) is 19.2. The van der Waals surface area contributed by atoms with Crippen LogP contribution in [0.25, 0.3) is 110 Å². The number of carbonyl (C=O) groups is 2. The van der Waals surface area contributed by atoms with Gasteiger partial charge in [-0.05, 0) is 108 Å². The molecule has 17 heteroatoms. The van der Waals surface area contributed by atoms with Crippen LogP contribution in [-0.2, 0) is 10.8 Å². The lowest BCUT2D eigenvalue weighted by molar-refractivity contribution is 0.103. The van der Waals surface area contributed by atoms with Crippen molar-refractivity contribution < 1.29 is 9.59 Å². The van der Waals surface area contributed by atoms with Crippen LogP contribution >= 0.6 is 56.7 Å². The molecule has 6 heterocycles. The van der Waals surface area contributed by atoms with Crippen molar-refractivity contribution in [3.63, 3.8) is 0 Å². The number of hydrogen-bond donors (Lipinski definition) is 0. The van der Waals surface area contributed by atoms with Crippen LogP contribution < -0.4 is 0 Å². The summed E-state index contributed by atoms with van der Waals surface area (Å²) in [5.74, 6) is -0.867. The highest BCUT2D eigenvalue weighted by atomic mass is 32.1. The Labute approximate surface area is 530 Å². The Balaban J connectivity index is 0.921. The molecular weight excluding hydrogens is 1200 g/mol. The fourth-order valence-electron chi connectivity index (χ4n) is 12.4. The molecule has 14 rings (SSSR count). The van der Waals surface area contributed by atoms with Crippen molar-refractivity contribution in [3.05, 3.63) is 230 Å². The Bertz CT molecular complexity index is 5160. The van der Waals surface area contributed by atoms with Gasteiger partial charge in [0.25, 0.3) is 5.70 Å². The van der Waals surface area contributed by atoms with Crippen LogP contribution in [0.5, 0.6) is 0 Å². The zero-order valence-electron chi connectivity index (χ0n) is 47.7. The van der Waals surface area contributed by atoms with Crippen LogP contribution in [0, 0.1) is 90.2 Å². The fraction of sp³-hybridized carbons (Fsp3) is 0.111. The Kier molecular flexibility index (Phi) is 12.7. The van der Waals surface area contributed by atoms with Gasteiger partial charge in [0.1, 0.15) is 28.7 Å². The molecule has 0 fully saturated rings. The SMILES string of the molecule is [C-]#[N+]/C(C#N)=C1/C(=C/c2cc3c(s2)-c2sc(-c4sc(-c5cc6c(s5)-c5sc(/C=C7\C(=O)c8cc([N+]#[C-])c(C#N)cc8C7=C(C#N)C#N)cc5C6(C)C)c5nc(-c6ccc(C)cc6)c(-c6ccc(C)cc6)nc45)cc2C3(C)C)C(=O)c2cc(C#N)c([N+]#[C-])cc21. The molecule has 416 valence electrons. The first-order chi connectivity index (χ1) is 42.9. The number of allylic oxidation sites excluding steroid dienone is 6. The second kappa shape index (κ2) is 20.3. The highest BCUT2D eigenvalue weighted by Crippen LogP contribution is 2.62. The highest BCUT2D eigenvalue weighted by molar-refractivity contribution is 7.31.